The molecule has 5 nitrogen and oxygen atoms in total. The molecule has 1 aromatic heterocycles. The normalized spacial score (nSPS) is 29.7. The van der Waals surface area contributed by atoms with Crippen LogP contribution in [0.5, 0.6) is 0 Å². The quantitative estimate of drug-likeness (QED) is 0.897. The van der Waals surface area contributed by atoms with E-state index in [0.29, 0.717) is 11.3 Å². The third-order valence-corrected chi connectivity index (χ3v) is 6.82. The predicted molar refractivity (Wildman–Crippen MR) is 98.3 cm³/mol. The summed E-state index contributed by atoms with van der Waals surface area (Å²) >= 11 is 0. The van der Waals surface area contributed by atoms with Gasteiger partial charge in [0.2, 0.25) is 5.91 Å². The summed E-state index contributed by atoms with van der Waals surface area (Å²) in [4.78, 5) is 15.6. The third kappa shape index (κ3) is 3.48. The van der Waals surface area contributed by atoms with Gasteiger partial charge in [0.1, 0.15) is 0 Å². The zero-order valence-corrected chi connectivity index (χ0v) is 15.5. The van der Waals surface area contributed by atoms with E-state index in [-0.39, 0.29) is 11.8 Å². The Morgan fingerprint density at radius 2 is 1.92 bits per heavy atom. The van der Waals surface area contributed by atoms with E-state index in [1.807, 2.05) is 17.9 Å². The molecule has 1 spiro atoms. The van der Waals surface area contributed by atoms with Crippen LogP contribution < -0.4 is 5.32 Å². The molecule has 1 amide bonds. The van der Waals surface area contributed by atoms with Crippen LogP contribution in [-0.2, 0) is 11.8 Å². The number of piperidine rings is 1. The maximum atomic E-state index is 13.4. The van der Waals surface area contributed by atoms with Crippen molar-refractivity contribution < 1.29 is 4.79 Å². The van der Waals surface area contributed by atoms with Crippen molar-refractivity contribution in [2.75, 3.05) is 26.2 Å². The van der Waals surface area contributed by atoms with Gasteiger partial charge in [-0.25, -0.2) is 0 Å². The number of nitrogens with one attached hydrogen (secondary N) is 1. The molecule has 2 saturated heterocycles. The largest absolute Gasteiger partial charge is 0.342 e. The maximum Gasteiger partial charge on any atom is 0.227 e. The summed E-state index contributed by atoms with van der Waals surface area (Å²) in [5.41, 5.74) is 1.62. The Bertz CT molecular complexity index is 603. The minimum Gasteiger partial charge on any atom is -0.342 e. The van der Waals surface area contributed by atoms with Crippen LogP contribution in [0, 0.1) is 11.3 Å². The molecule has 3 heterocycles. The monoisotopic (exact) mass is 344 g/mol. The lowest BCUT2D eigenvalue weighted by Gasteiger charge is -2.44. The summed E-state index contributed by atoms with van der Waals surface area (Å²) in [7, 11) is 1.95. The Morgan fingerprint density at radius 3 is 2.64 bits per heavy atom. The zero-order chi connectivity index (χ0) is 17.3. The van der Waals surface area contributed by atoms with Crippen LogP contribution in [0.15, 0.2) is 12.4 Å². The predicted octanol–water partition coefficient (Wildman–Crippen LogP) is 2.69. The van der Waals surface area contributed by atoms with Gasteiger partial charge < -0.3 is 10.2 Å². The molecule has 0 unspecified atom stereocenters. The minimum atomic E-state index is 0.0742. The fourth-order valence-corrected chi connectivity index (χ4v) is 5.44. The Morgan fingerprint density at radius 1 is 1.16 bits per heavy atom. The second kappa shape index (κ2) is 7.10. The van der Waals surface area contributed by atoms with Gasteiger partial charge in [0.15, 0.2) is 0 Å². The van der Waals surface area contributed by atoms with Crippen LogP contribution in [0.4, 0.5) is 0 Å². The van der Waals surface area contributed by atoms with Crippen molar-refractivity contribution in [3.05, 3.63) is 18.0 Å². The fraction of sp³-hybridized carbons (Fsp3) is 0.800. The van der Waals surface area contributed by atoms with Gasteiger partial charge in [-0.05, 0) is 36.7 Å². The molecule has 1 aromatic rings. The van der Waals surface area contributed by atoms with Crippen molar-refractivity contribution >= 4 is 5.91 Å². The van der Waals surface area contributed by atoms with E-state index in [9.17, 15) is 4.79 Å². The highest BCUT2D eigenvalue weighted by molar-refractivity contribution is 5.80. The molecule has 5 heteroatoms. The zero-order valence-electron chi connectivity index (χ0n) is 15.5. The summed E-state index contributed by atoms with van der Waals surface area (Å²) in [6.45, 7) is 3.65. The highest BCUT2D eigenvalue weighted by atomic mass is 16.2. The van der Waals surface area contributed by atoms with Gasteiger partial charge in [-0.15, -0.1) is 0 Å². The summed E-state index contributed by atoms with van der Waals surface area (Å²) in [5.74, 6) is 0.723. The lowest BCUT2D eigenvalue weighted by Crippen LogP contribution is -2.49. The smallest absolute Gasteiger partial charge is 0.227 e. The summed E-state index contributed by atoms with van der Waals surface area (Å²) < 4.78 is 1.84. The average Bonchev–Trinajstić information content (AvgIpc) is 3.21. The molecule has 138 valence electrons. The Kier molecular flexibility index (Phi) is 4.85. The molecule has 4 rings (SSSR count). The van der Waals surface area contributed by atoms with E-state index in [1.165, 1.54) is 56.9 Å². The number of nitrogens with zero attached hydrogens (tertiary/aromatic N) is 3. The maximum absolute atomic E-state index is 13.4. The van der Waals surface area contributed by atoms with Crippen LogP contribution >= 0.6 is 0 Å². The first kappa shape index (κ1) is 17.1. The first-order valence-corrected chi connectivity index (χ1v) is 10.1. The molecule has 2 aliphatic heterocycles. The lowest BCUT2D eigenvalue weighted by atomic mass is 9.73. The van der Waals surface area contributed by atoms with E-state index in [2.05, 4.69) is 21.5 Å². The van der Waals surface area contributed by atoms with Crippen LogP contribution in [-0.4, -0.2) is 46.8 Å². The second-order valence-corrected chi connectivity index (χ2v) is 8.60. The Balaban J connectivity index is 1.47. The highest BCUT2D eigenvalue weighted by Crippen LogP contribution is 2.43. The van der Waals surface area contributed by atoms with Crippen LogP contribution in [0.2, 0.25) is 0 Å². The molecule has 2 atom stereocenters. The molecule has 0 aromatic carbocycles. The van der Waals surface area contributed by atoms with Crippen molar-refractivity contribution in [2.45, 2.75) is 57.3 Å². The van der Waals surface area contributed by atoms with Crippen molar-refractivity contribution in [3.63, 3.8) is 0 Å². The molecule has 0 radical (unpaired) electrons. The van der Waals surface area contributed by atoms with E-state index in [1.54, 1.807) is 0 Å². The van der Waals surface area contributed by atoms with Gasteiger partial charge in [-0.3, -0.25) is 9.48 Å². The van der Waals surface area contributed by atoms with E-state index in [4.69, 9.17) is 0 Å². The SMILES string of the molecule is Cn1cc([C@H]2CNC[C@@H]2C(=O)N2CCCC3(CCCCCC3)C2)cn1. The van der Waals surface area contributed by atoms with Crippen molar-refractivity contribution in [1.82, 2.24) is 20.0 Å². The van der Waals surface area contributed by atoms with Gasteiger partial charge in [0, 0.05) is 45.3 Å². The standard InChI is InChI=1S/C20H32N4O/c1-23-14-16(11-22-23)17-12-21-13-18(17)19(25)24-10-6-9-20(15-24)7-4-2-3-5-8-20/h11,14,17-18,21H,2-10,12-13,15H2,1H3/t17-,18+/m1/s1. The van der Waals surface area contributed by atoms with Gasteiger partial charge in [-0.2, -0.15) is 5.10 Å². The summed E-state index contributed by atoms with van der Waals surface area (Å²) in [6, 6.07) is 0. The number of carbonyl (C=O) groups is 1. The topological polar surface area (TPSA) is 50.2 Å². The number of carbonyl (C=O) groups excluding carboxylic acids is 1. The first-order valence-electron chi connectivity index (χ1n) is 10.1. The molecule has 1 N–H and O–H groups in total. The van der Waals surface area contributed by atoms with E-state index in [0.717, 1.165) is 26.2 Å². The minimum absolute atomic E-state index is 0.0742. The molecule has 1 aliphatic carbocycles. The average molecular weight is 345 g/mol. The Hall–Kier alpha value is -1.36. The van der Waals surface area contributed by atoms with Gasteiger partial charge >= 0.3 is 0 Å². The van der Waals surface area contributed by atoms with Crippen LogP contribution in [0.3, 0.4) is 0 Å². The molecular formula is C20H32N4O. The molecule has 1 saturated carbocycles. The molecule has 3 aliphatic rings. The summed E-state index contributed by atoms with van der Waals surface area (Å²) in [6.07, 6.45) is 14.6. The lowest BCUT2D eigenvalue weighted by molar-refractivity contribution is -0.139. The van der Waals surface area contributed by atoms with Gasteiger partial charge in [0.25, 0.3) is 0 Å². The number of aromatic nitrogens is 2. The third-order valence-electron chi connectivity index (χ3n) is 6.82. The number of hydrogen-bond donors (Lipinski definition) is 1. The Labute approximate surface area is 151 Å². The van der Waals surface area contributed by atoms with Crippen molar-refractivity contribution in [3.8, 4) is 0 Å². The molecule has 3 fully saturated rings. The first-order chi connectivity index (χ1) is 12.2. The van der Waals surface area contributed by atoms with E-state index >= 15 is 0 Å². The van der Waals surface area contributed by atoms with Crippen molar-refractivity contribution in [1.29, 1.82) is 0 Å². The molecule has 25 heavy (non-hydrogen) atoms. The highest BCUT2D eigenvalue weighted by Gasteiger charge is 2.42. The van der Waals surface area contributed by atoms with Crippen molar-refractivity contribution in [2.24, 2.45) is 18.4 Å². The number of likely N-dealkylation sites (tertiary alicyclic amines) is 1. The molecule has 0 bridgehead atoms. The van der Waals surface area contributed by atoms with Crippen LogP contribution in [0.1, 0.15) is 62.8 Å². The number of amides is 1. The summed E-state index contributed by atoms with van der Waals surface area (Å²) in [5, 5.41) is 7.76. The van der Waals surface area contributed by atoms with Crippen LogP contribution in [0.25, 0.3) is 0 Å². The van der Waals surface area contributed by atoms with Gasteiger partial charge in [-0.1, -0.05) is 25.7 Å². The van der Waals surface area contributed by atoms with Gasteiger partial charge in [0.05, 0.1) is 12.1 Å². The number of aryl methyl sites for hydroxylation is 1. The number of rotatable bonds is 2. The number of hydrogen-bond acceptors (Lipinski definition) is 3. The second-order valence-electron chi connectivity index (χ2n) is 8.60. The fourth-order valence-electron chi connectivity index (χ4n) is 5.44. The van der Waals surface area contributed by atoms with E-state index < -0.39 is 0 Å². The molecular weight excluding hydrogens is 312 g/mol.